The van der Waals surface area contributed by atoms with Crippen LogP contribution >= 0.6 is 8.09 Å². The molecule has 0 radical (unpaired) electrons. The highest BCUT2D eigenvalue weighted by atomic mass is 31.2. The molecule has 0 aromatic heterocycles. The van der Waals surface area contributed by atoms with Crippen LogP contribution in [0.4, 0.5) is 0 Å². The van der Waals surface area contributed by atoms with Gasteiger partial charge in [0.05, 0.1) is 0 Å². The largest absolute Gasteiger partial charge is 0.551 e. The Morgan fingerprint density at radius 2 is 2.00 bits per heavy atom. The van der Waals surface area contributed by atoms with E-state index in [0.717, 1.165) is 0 Å². The van der Waals surface area contributed by atoms with Gasteiger partial charge in [0.2, 0.25) is 0 Å². The summed E-state index contributed by atoms with van der Waals surface area (Å²) in [7, 11) is -2.47. The maximum absolute atomic E-state index is 11.2. The molecule has 2 aliphatic rings. The van der Waals surface area contributed by atoms with Crippen molar-refractivity contribution >= 4 is 14.1 Å². The number of rotatable bonds is 0. The molecule has 2 saturated heterocycles. The molecule has 2 heterocycles. The first-order valence-electron chi connectivity index (χ1n) is 3.76. The van der Waals surface area contributed by atoms with Gasteiger partial charge in [0, 0.05) is 0 Å². The van der Waals surface area contributed by atoms with Gasteiger partial charge in [0.15, 0.2) is 5.54 Å². The predicted molar refractivity (Wildman–Crippen MR) is 42.1 cm³/mol. The average Bonchev–Trinajstić information content (AvgIpc) is 2.42. The van der Waals surface area contributed by atoms with E-state index < -0.39 is 13.6 Å². The van der Waals surface area contributed by atoms with E-state index in [9.17, 15) is 4.79 Å². The molecule has 12 heavy (non-hydrogen) atoms. The Bertz CT molecular complexity index is 224. The van der Waals surface area contributed by atoms with Crippen LogP contribution in [-0.4, -0.2) is 24.7 Å². The minimum atomic E-state index is -2.47. The van der Waals surface area contributed by atoms with Crippen molar-refractivity contribution in [1.82, 2.24) is 5.09 Å². The van der Waals surface area contributed by atoms with Crippen molar-refractivity contribution in [1.29, 1.82) is 0 Å². The zero-order valence-corrected chi connectivity index (χ0v) is 7.89. The summed E-state index contributed by atoms with van der Waals surface area (Å²) in [4.78, 5) is 11.2. The summed E-state index contributed by atoms with van der Waals surface area (Å²) >= 11 is 0. The number of carbonyl (C=O) groups excluding carboxylic acids is 1. The van der Waals surface area contributed by atoms with E-state index in [1.807, 2.05) is 0 Å². The van der Waals surface area contributed by atoms with Crippen molar-refractivity contribution in [3.05, 3.63) is 0 Å². The first kappa shape index (κ1) is 8.38. The van der Waals surface area contributed by atoms with Crippen LogP contribution in [0.2, 0.25) is 0 Å². The molecule has 0 atom stereocenters. The molecule has 0 amide bonds. The monoisotopic (exact) mass is 192 g/mol. The summed E-state index contributed by atoms with van der Waals surface area (Å²) in [6, 6.07) is 0. The highest BCUT2D eigenvalue weighted by Crippen LogP contribution is 2.66. The third kappa shape index (κ3) is 1.13. The van der Waals surface area contributed by atoms with E-state index in [1.54, 1.807) is 13.8 Å². The van der Waals surface area contributed by atoms with Crippen molar-refractivity contribution in [3.63, 3.8) is 0 Å². The second kappa shape index (κ2) is 2.39. The topological polar surface area (TPSA) is 56.8 Å². The lowest BCUT2D eigenvalue weighted by Crippen LogP contribution is -2.38. The van der Waals surface area contributed by atoms with Crippen LogP contribution in [0.1, 0.15) is 13.8 Å². The fraction of sp³-hybridized carbons (Fsp3) is 0.833. The molecule has 68 valence electrons. The molecule has 1 N–H and O–H groups in total. The van der Waals surface area contributed by atoms with E-state index in [4.69, 9.17) is 13.6 Å². The van der Waals surface area contributed by atoms with Crippen LogP contribution in [0.25, 0.3) is 0 Å². The number of carbonyl (C=O) groups is 1. The minimum Gasteiger partial charge on any atom is -0.245 e. The van der Waals surface area contributed by atoms with E-state index in [0.29, 0.717) is 13.2 Å². The molecule has 6 heteroatoms. The summed E-state index contributed by atoms with van der Waals surface area (Å²) in [6.07, 6.45) is 0. The molecule has 2 aliphatic heterocycles. The Hall–Kier alpha value is -0.220. The minimum absolute atomic E-state index is 0.308. The number of hydrogen-bond acceptors (Lipinski definition) is 5. The Morgan fingerprint density at radius 3 is 2.42 bits per heavy atom. The fourth-order valence-corrected chi connectivity index (χ4v) is 3.31. The molecule has 5 nitrogen and oxygen atoms in total. The molecule has 0 bridgehead atoms. The Labute approximate surface area is 71.0 Å². The van der Waals surface area contributed by atoms with Crippen LogP contribution in [0.3, 0.4) is 0 Å². The first-order chi connectivity index (χ1) is 5.54. The second-order valence-corrected chi connectivity index (χ2v) is 5.20. The number of hydrogen-bond donors (Lipinski definition) is 1. The van der Waals surface area contributed by atoms with Gasteiger partial charge in [-0.2, -0.15) is 9.05 Å². The van der Waals surface area contributed by atoms with Gasteiger partial charge in [0.25, 0.3) is 0 Å². The quantitative estimate of drug-likeness (QED) is 0.570. The summed E-state index contributed by atoms with van der Waals surface area (Å²) < 4.78 is 15.5. The molecular formula is C6H11NO4P+. The Kier molecular flexibility index (Phi) is 1.67. The maximum Gasteiger partial charge on any atom is 0.551 e. The van der Waals surface area contributed by atoms with Gasteiger partial charge in [-0.1, -0.05) is 5.09 Å². The summed E-state index contributed by atoms with van der Waals surface area (Å²) in [5, 5.41) is 2.95. The van der Waals surface area contributed by atoms with E-state index >= 15 is 0 Å². The van der Waals surface area contributed by atoms with Gasteiger partial charge < -0.3 is 0 Å². The van der Waals surface area contributed by atoms with Gasteiger partial charge in [-0.05, 0) is 13.8 Å². The van der Waals surface area contributed by atoms with Gasteiger partial charge in [-0.3, -0.25) is 0 Å². The zero-order valence-electron chi connectivity index (χ0n) is 6.99. The molecule has 2 fully saturated rings. The molecule has 1 spiro atoms. The lowest BCUT2D eigenvalue weighted by Gasteiger charge is -2.08. The summed E-state index contributed by atoms with van der Waals surface area (Å²) in [6.45, 7) is 4.47. The molecule has 0 unspecified atom stereocenters. The van der Waals surface area contributed by atoms with E-state index in [1.165, 1.54) is 0 Å². The van der Waals surface area contributed by atoms with E-state index in [2.05, 4.69) is 5.09 Å². The predicted octanol–water partition coefficient (Wildman–Crippen LogP) is 0.636. The molecular weight excluding hydrogens is 181 g/mol. The highest BCUT2D eigenvalue weighted by molar-refractivity contribution is 7.60. The zero-order chi connectivity index (χ0) is 8.82. The molecule has 0 aromatic carbocycles. The SMILES string of the molecule is CC1(C)N[P+]2(OCCO2)OC1=O. The van der Waals surface area contributed by atoms with Crippen molar-refractivity contribution in [2.45, 2.75) is 19.4 Å². The second-order valence-electron chi connectivity index (χ2n) is 3.28. The van der Waals surface area contributed by atoms with Crippen molar-refractivity contribution < 1.29 is 18.4 Å². The van der Waals surface area contributed by atoms with Gasteiger partial charge >= 0.3 is 14.1 Å². The lowest BCUT2D eigenvalue weighted by molar-refractivity contribution is -0.137. The first-order valence-corrected chi connectivity index (χ1v) is 5.30. The third-order valence-corrected chi connectivity index (χ3v) is 4.02. The van der Waals surface area contributed by atoms with Gasteiger partial charge in [0.1, 0.15) is 13.2 Å². The van der Waals surface area contributed by atoms with Crippen LogP contribution in [0.5, 0.6) is 0 Å². The van der Waals surface area contributed by atoms with Crippen LogP contribution in [0.15, 0.2) is 0 Å². The van der Waals surface area contributed by atoms with Gasteiger partial charge in [-0.15, -0.1) is 0 Å². The Balaban J connectivity index is 2.19. The standard InChI is InChI=1S/C6H11NO4P/c1-6(2)5(8)11-12(7-6)9-3-4-10-12/h7H,3-4H2,1-2H3/q+1. The maximum atomic E-state index is 11.2. The molecule has 2 rings (SSSR count). The van der Waals surface area contributed by atoms with E-state index in [-0.39, 0.29) is 5.97 Å². The fourth-order valence-electron chi connectivity index (χ4n) is 1.10. The van der Waals surface area contributed by atoms with Gasteiger partial charge in [-0.25, -0.2) is 9.32 Å². The lowest BCUT2D eigenvalue weighted by atomic mass is 10.1. The Morgan fingerprint density at radius 1 is 1.42 bits per heavy atom. The van der Waals surface area contributed by atoms with Crippen LogP contribution < -0.4 is 5.09 Å². The third-order valence-electron chi connectivity index (χ3n) is 1.74. The summed E-state index contributed by atoms with van der Waals surface area (Å²) in [5.41, 5.74) is -0.682. The number of nitrogens with one attached hydrogen (secondary N) is 1. The highest BCUT2D eigenvalue weighted by Gasteiger charge is 2.66. The van der Waals surface area contributed by atoms with Crippen LogP contribution in [-0.2, 0) is 18.4 Å². The normalized spacial score (nSPS) is 31.0. The van der Waals surface area contributed by atoms with Crippen molar-refractivity contribution in [2.75, 3.05) is 13.2 Å². The van der Waals surface area contributed by atoms with Crippen LogP contribution in [0, 0.1) is 0 Å². The molecule has 0 aromatic rings. The average molecular weight is 192 g/mol. The molecule has 0 saturated carbocycles. The van der Waals surface area contributed by atoms with Crippen molar-refractivity contribution in [2.24, 2.45) is 0 Å². The summed E-state index contributed by atoms with van der Waals surface area (Å²) in [5.74, 6) is -0.308. The smallest absolute Gasteiger partial charge is 0.245 e. The van der Waals surface area contributed by atoms with Crippen molar-refractivity contribution in [3.8, 4) is 0 Å². The molecule has 0 aliphatic carbocycles.